The molecule has 0 aromatic carbocycles. The van der Waals surface area contributed by atoms with Gasteiger partial charge in [0.1, 0.15) is 4.88 Å². The number of halogens is 2. The Kier molecular flexibility index (Phi) is 7.96. The molecule has 0 unspecified atom stereocenters. The molecule has 21 heavy (non-hydrogen) atoms. The maximum absolute atomic E-state index is 11.2. The molecule has 116 valence electrons. The molecule has 0 aliphatic heterocycles. The topological polar surface area (TPSA) is 72.3 Å². The number of ether oxygens (including phenoxy) is 1. The van der Waals surface area contributed by atoms with Crippen LogP contribution in [-0.2, 0) is 11.3 Å². The molecule has 0 spiro atoms. The molecular formula is C12H14Br2N2O3S2. The molecule has 0 saturated heterocycles. The molecule has 0 aliphatic rings. The van der Waals surface area contributed by atoms with Crippen molar-refractivity contribution in [3.05, 3.63) is 29.0 Å². The second kappa shape index (κ2) is 8.94. The Morgan fingerprint density at radius 2 is 1.76 bits per heavy atom. The van der Waals surface area contributed by atoms with Gasteiger partial charge in [-0.15, -0.1) is 11.3 Å². The lowest BCUT2D eigenvalue weighted by atomic mass is 10.4. The van der Waals surface area contributed by atoms with Crippen molar-refractivity contribution >= 4 is 60.5 Å². The summed E-state index contributed by atoms with van der Waals surface area (Å²) in [6.45, 7) is 5.94. The molecule has 0 bridgehead atoms. The van der Waals surface area contributed by atoms with Gasteiger partial charge in [-0.05, 0) is 52.6 Å². The van der Waals surface area contributed by atoms with Gasteiger partial charge in [0.2, 0.25) is 0 Å². The second-order valence-electron chi connectivity index (χ2n) is 3.74. The maximum atomic E-state index is 11.2. The van der Waals surface area contributed by atoms with E-state index in [1.54, 1.807) is 13.8 Å². The van der Waals surface area contributed by atoms with E-state index in [0.29, 0.717) is 21.1 Å². The number of esters is 1. The zero-order valence-electron chi connectivity index (χ0n) is 11.6. The molecule has 0 amide bonds. The highest BCUT2D eigenvalue weighted by atomic mass is 79.9. The third-order valence-electron chi connectivity index (χ3n) is 2.24. The van der Waals surface area contributed by atoms with Gasteiger partial charge in [0, 0.05) is 0 Å². The first kappa shape index (κ1) is 18.7. The Balaban J connectivity index is 0.000000219. The van der Waals surface area contributed by atoms with Crippen LogP contribution in [0.4, 0.5) is 0 Å². The normalized spacial score (nSPS) is 10.0. The van der Waals surface area contributed by atoms with E-state index in [2.05, 4.69) is 41.8 Å². The van der Waals surface area contributed by atoms with E-state index >= 15 is 0 Å². The summed E-state index contributed by atoms with van der Waals surface area (Å²) in [5, 5.41) is 8.68. The number of nitrogens with zero attached hydrogens (tertiary/aromatic N) is 2. The summed E-state index contributed by atoms with van der Waals surface area (Å²) in [7, 11) is 0. The standard InChI is InChI=1S/C7H8BrNO2S.C5H6BrNOS/c1-3-11-6(10)5-4(2)9-7(8)12-5;1-3-4(2-8)9-5(6)7-3/h3H2,1-2H3;8H,2H2,1H3. The highest BCUT2D eigenvalue weighted by Crippen LogP contribution is 2.23. The third-order valence-corrected chi connectivity index (χ3v) is 5.42. The average Bonchev–Trinajstić information content (AvgIpc) is 2.92. The minimum Gasteiger partial charge on any atom is -0.462 e. The van der Waals surface area contributed by atoms with Crippen molar-refractivity contribution in [1.82, 2.24) is 9.97 Å². The van der Waals surface area contributed by atoms with E-state index in [1.807, 2.05) is 6.92 Å². The molecule has 1 N–H and O–H groups in total. The molecular weight excluding hydrogens is 444 g/mol. The minimum absolute atomic E-state index is 0.0924. The average molecular weight is 458 g/mol. The van der Waals surface area contributed by atoms with Crippen molar-refractivity contribution in [1.29, 1.82) is 0 Å². The van der Waals surface area contributed by atoms with E-state index in [1.165, 1.54) is 22.7 Å². The summed E-state index contributed by atoms with van der Waals surface area (Å²) in [6.07, 6.45) is 0. The van der Waals surface area contributed by atoms with Crippen molar-refractivity contribution in [2.75, 3.05) is 6.61 Å². The summed E-state index contributed by atoms with van der Waals surface area (Å²) in [4.78, 5) is 20.8. The lowest BCUT2D eigenvalue weighted by molar-refractivity contribution is 0.0531. The van der Waals surface area contributed by atoms with E-state index in [4.69, 9.17) is 9.84 Å². The third kappa shape index (κ3) is 5.74. The van der Waals surface area contributed by atoms with Crippen LogP contribution in [-0.4, -0.2) is 27.7 Å². The fourth-order valence-electron chi connectivity index (χ4n) is 1.29. The monoisotopic (exact) mass is 456 g/mol. The van der Waals surface area contributed by atoms with Gasteiger partial charge in [0.15, 0.2) is 7.83 Å². The predicted octanol–water partition coefficient (Wildman–Crippen LogP) is 4.10. The van der Waals surface area contributed by atoms with Gasteiger partial charge >= 0.3 is 5.97 Å². The number of hydrogen-bond donors (Lipinski definition) is 1. The van der Waals surface area contributed by atoms with Gasteiger partial charge in [0.05, 0.1) is 29.5 Å². The summed E-state index contributed by atoms with van der Waals surface area (Å²) in [6, 6.07) is 0. The lowest BCUT2D eigenvalue weighted by Crippen LogP contribution is -2.03. The van der Waals surface area contributed by atoms with Gasteiger partial charge in [-0.3, -0.25) is 0 Å². The Morgan fingerprint density at radius 3 is 2.10 bits per heavy atom. The van der Waals surface area contributed by atoms with Crippen molar-refractivity contribution < 1.29 is 14.6 Å². The predicted molar refractivity (Wildman–Crippen MR) is 91.0 cm³/mol. The quantitative estimate of drug-likeness (QED) is 0.702. The molecule has 0 saturated carbocycles. The van der Waals surface area contributed by atoms with Crippen molar-refractivity contribution in [3.63, 3.8) is 0 Å². The van der Waals surface area contributed by atoms with Crippen molar-refractivity contribution in [2.24, 2.45) is 0 Å². The summed E-state index contributed by atoms with van der Waals surface area (Å²) >= 11 is 9.19. The molecule has 2 aromatic rings. The number of hydrogen-bond acceptors (Lipinski definition) is 7. The largest absolute Gasteiger partial charge is 0.462 e. The van der Waals surface area contributed by atoms with Crippen molar-refractivity contribution in [2.45, 2.75) is 27.4 Å². The smallest absolute Gasteiger partial charge is 0.350 e. The van der Waals surface area contributed by atoms with Crippen LogP contribution >= 0.6 is 54.5 Å². The number of aryl methyl sites for hydroxylation is 2. The molecule has 2 heterocycles. The van der Waals surface area contributed by atoms with Crippen LogP contribution in [0.3, 0.4) is 0 Å². The van der Waals surface area contributed by atoms with Gasteiger partial charge < -0.3 is 9.84 Å². The Hall–Kier alpha value is -0.350. The summed E-state index contributed by atoms with van der Waals surface area (Å²) < 4.78 is 6.38. The highest BCUT2D eigenvalue weighted by molar-refractivity contribution is 9.11. The van der Waals surface area contributed by atoms with Gasteiger partial charge in [-0.1, -0.05) is 11.3 Å². The number of aromatic nitrogens is 2. The zero-order chi connectivity index (χ0) is 16.0. The van der Waals surface area contributed by atoms with E-state index in [-0.39, 0.29) is 12.6 Å². The minimum atomic E-state index is -0.293. The van der Waals surface area contributed by atoms with Crippen LogP contribution in [0.15, 0.2) is 7.83 Å². The molecule has 0 aliphatic carbocycles. The SMILES string of the molecule is CCOC(=O)c1sc(Br)nc1C.Cc1nc(Br)sc1CO. The second-order valence-corrected chi connectivity index (χ2v) is 8.37. The van der Waals surface area contributed by atoms with Gasteiger partial charge in [-0.2, -0.15) is 0 Å². The lowest BCUT2D eigenvalue weighted by Gasteiger charge is -1.97. The van der Waals surface area contributed by atoms with Gasteiger partial charge in [-0.25, -0.2) is 14.8 Å². The van der Waals surface area contributed by atoms with E-state index in [0.717, 1.165) is 14.5 Å². The highest BCUT2D eigenvalue weighted by Gasteiger charge is 2.14. The molecule has 0 atom stereocenters. The molecule has 0 fully saturated rings. The van der Waals surface area contributed by atoms with Crippen LogP contribution in [0.5, 0.6) is 0 Å². The van der Waals surface area contributed by atoms with Gasteiger partial charge in [0.25, 0.3) is 0 Å². The molecule has 2 aromatic heterocycles. The van der Waals surface area contributed by atoms with Crippen LogP contribution < -0.4 is 0 Å². The Morgan fingerprint density at radius 1 is 1.19 bits per heavy atom. The van der Waals surface area contributed by atoms with Crippen molar-refractivity contribution in [3.8, 4) is 0 Å². The first-order chi connectivity index (χ1) is 9.88. The number of aliphatic hydroxyl groups is 1. The number of rotatable bonds is 3. The fraction of sp³-hybridized carbons (Fsp3) is 0.417. The molecule has 2 rings (SSSR count). The zero-order valence-corrected chi connectivity index (χ0v) is 16.4. The Bertz CT molecular complexity index is 614. The van der Waals surface area contributed by atoms with E-state index < -0.39 is 0 Å². The van der Waals surface area contributed by atoms with E-state index in [9.17, 15) is 4.79 Å². The maximum Gasteiger partial charge on any atom is 0.350 e. The summed E-state index contributed by atoms with van der Waals surface area (Å²) in [5.41, 5.74) is 1.62. The fourth-order valence-corrected chi connectivity index (χ4v) is 4.22. The van der Waals surface area contributed by atoms with Crippen LogP contribution in [0.1, 0.15) is 32.9 Å². The Labute approximate surface area is 147 Å². The van der Waals surface area contributed by atoms with Crippen LogP contribution in [0.25, 0.3) is 0 Å². The number of aliphatic hydroxyl groups excluding tert-OH is 1. The van der Waals surface area contributed by atoms with Crippen LogP contribution in [0, 0.1) is 13.8 Å². The number of carbonyl (C=O) groups excluding carboxylic acids is 1. The summed E-state index contributed by atoms with van der Waals surface area (Å²) in [5.74, 6) is -0.293. The first-order valence-electron chi connectivity index (χ1n) is 5.91. The number of thiazole rings is 2. The van der Waals surface area contributed by atoms with Crippen LogP contribution in [0.2, 0.25) is 0 Å². The molecule has 9 heteroatoms. The molecule has 5 nitrogen and oxygen atoms in total. The molecule has 0 radical (unpaired) electrons. The first-order valence-corrected chi connectivity index (χ1v) is 9.13. The number of carbonyl (C=O) groups is 1.